The van der Waals surface area contributed by atoms with Crippen LogP contribution in [-0.2, 0) is 4.79 Å². The minimum atomic E-state index is -0.400. The number of hydrogen-bond acceptors (Lipinski definition) is 4. The largest absolute Gasteiger partial charge is 0.355 e. The zero-order valence-electron chi connectivity index (χ0n) is 16.0. The lowest BCUT2D eigenvalue weighted by atomic mass is 10.2. The third-order valence-corrected chi connectivity index (χ3v) is 5.14. The fourth-order valence-corrected chi connectivity index (χ4v) is 3.50. The Hall–Kier alpha value is -2.67. The van der Waals surface area contributed by atoms with Crippen LogP contribution in [0.5, 0.6) is 0 Å². The summed E-state index contributed by atoms with van der Waals surface area (Å²) >= 11 is 1.16. The molecule has 0 atom stereocenters. The fraction of sp³-hybridized carbons (Fsp3) is 0.286. The fourth-order valence-electron chi connectivity index (χ4n) is 2.66. The summed E-state index contributed by atoms with van der Waals surface area (Å²) < 4.78 is 15.5. The van der Waals surface area contributed by atoms with E-state index in [1.54, 1.807) is 43.3 Å². The van der Waals surface area contributed by atoms with Crippen molar-refractivity contribution < 1.29 is 9.18 Å². The number of benzene rings is 2. The minimum Gasteiger partial charge on any atom is -0.355 e. The number of hydrogen-bond donors (Lipinski definition) is 1. The number of rotatable bonds is 6. The zero-order valence-corrected chi connectivity index (χ0v) is 16.8. The third-order valence-electron chi connectivity index (χ3n) is 4.20. The quantitative estimate of drug-likeness (QED) is 0.507. The molecule has 1 N–H and O–H groups in total. The van der Waals surface area contributed by atoms with E-state index in [4.69, 9.17) is 0 Å². The molecule has 3 rings (SSSR count). The number of nitrogens with one attached hydrogen (secondary N) is 1. The minimum absolute atomic E-state index is 0.117. The van der Waals surface area contributed by atoms with Gasteiger partial charge in [0, 0.05) is 6.54 Å². The highest BCUT2D eigenvalue weighted by atomic mass is 32.2. The van der Waals surface area contributed by atoms with Crippen molar-refractivity contribution in [3.8, 4) is 5.69 Å². The molecule has 3 aromatic rings. The number of para-hydroxylation sites is 1. The topological polar surface area (TPSA) is 64.0 Å². The predicted octanol–water partition coefficient (Wildman–Crippen LogP) is 3.70. The zero-order chi connectivity index (χ0) is 20.3. The number of thioether (sulfide) groups is 1. The van der Waals surface area contributed by atoms with Crippen LogP contribution in [0.4, 0.5) is 4.39 Å². The molecule has 1 heterocycles. The normalized spacial score (nSPS) is 11.2. The molecule has 0 unspecified atom stereocenters. The second-order valence-electron chi connectivity index (χ2n) is 6.97. The maximum atomic E-state index is 14.1. The Balaban J connectivity index is 2.03. The molecule has 1 amide bonds. The number of halogens is 1. The number of aromatic nitrogens is 2. The Morgan fingerprint density at radius 2 is 2.00 bits per heavy atom. The van der Waals surface area contributed by atoms with Gasteiger partial charge in [0.15, 0.2) is 5.16 Å². The predicted molar refractivity (Wildman–Crippen MR) is 111 cm³/mol. The lowest BCUT2D eigenvalue weighted by Gasteiger charge is -2.14. The van der Waals surface area contributed by atoms with Crippen LogP contribution >= 0.6 is 11.8 Å². The van der Waals surface area contributed by atoms with Crippen molar-refractivity contribution in [2.24, 2.45) is 5.92 Å². The van der Waals surface area contributed by atoms with Gasteiger partial charge in [0.25, 0.3) is 5.56 Å². The Labute approximate surface area is 167 Å². The van der Waals surface area contributed by atoms with E-state index in [0.717, 1.165) is 11.8 Å². The first-order valence-corrected chi connectivity index (χ1v) is 10.0. The van der Waals surface area contributed by atoms with Gasteiger partial charge in [0.05, 0.1) is 22.3 Å². The molecule has 0 radical (unpaired) electrons. The molecule has 0 aliphatic heterocycles. The summed E-state index contributed by atoms with van der Waals surface area (Å²) in [7, 11) is 0. The second kappa shape index (κ2) is 8.56. The smallest absolute Gasteiger partial charge is 0.266 e. The van der Waals surface area contributed by atoms with E-state index in [1.807, 2.05) is 13.8 Å². The monoisotopic (exact) mass is 399 g/mol. The van der Waals surface area contributed by atoms with Crippen molar-refractivity contribution in [3.63, 3.8) is 0 Å². The van der Waals surface area contributed by atoms with Crippen molar-refractivity contribution in [3.05, 3.63) is 64.2 Å². The highest BCUT2D eigenvalue weighted by Gasteiger charge is 2.15. The van der Waals surface area contributed by atoms with Gasteiger partial charge in [-0.3, -0.25) is 14.2 Å². The van der Waals surface area contributed by atoms with Crippen molar-refractivity contribution in [2.45, 2.75) is 25.9 Å². The van der Waals surface area contributed by atoms with Gasteiger partial charge in [0.1, 0.15) is 5.82 Å². The van der Waals surface area contributed by atoms with Gasteiger partial charge >= 0.3 is 0 Å². The molecule has 5 nitrogen and oxygen atoms in total. The van der Waals surface area contributed by atoms with E-state index in [9.17, 15) is 14.0 Å². The Morgan fingerprint density at radius 3 is 2.71 bits per heavy atom. The molecular formula is C21H22FN3O2S. The third kappa shape index (κ3) is 4.42. The van der Waals surface area contributed by atoms with Gasteiger partial charge in [0.2, 0.25) is 5.91 Å². The molecule has 0 fully saturated rings. The van der Waals surface area contributed by atoms with E-state index >= 15 is 0 Å². The average molecular weight is 399 g/mol. The molecule has 0 bridgehead atoms. The first-order chi connectivity index (χ1) is 13.4. The first kappa shape index (κ1) is 20.1. The number of carbonyl (C=O) groups excluding carboxylic acids is 1. The van der Waals surface area contributed by atoms with Gasteiger partial charge in [-0.05, 0) is 42.7 Å². The second-order valence-corrected chi connectivity index (χ2v) is 7.91. The highest BCUT2D eigenvalue weighted by molar-refractivity contribution is 7.99. The highest BCUT2D eigenvalue weighted by Crippen LogP contribution is 2.22. The Bertz CT molecular complexity index is 1080. The van der Waals surface area contributed by atoms with Gasteiger partial charge < -0.3 is 5.32 Å². The Kier molecular flexibility index (Phi) is 6.14. The van der Waals surface area contributed by atoms with Crippen LogP contribution in [0.25, 0.3) is 16.6 Å². The molecule has 7 heteroatoms. The van der Waals surface area contributed by atoms with E-state index in [2.05, 4.69) is 10.3 Å². The summed E-state index contributed by atoms with van der Waals surface area (Å²) in [5.41, 5.74) is 1.13. The van der Waals surface area contributed by atoms with Crippen LogP contribution in [0.1, 0.15) is 19.4 Å². The summed E-state index contributed by atoms with van der Waals surface area (Å²) in [6, 6.07) is 11.6. The van der Waals surface area contributed by atoms with Crippen LogP contribution in [-0.4, -0.2) is 27.8 Å². The lowest BCUT2D eigenvalue weighted by Crippen LogP contribution is -2.29. The van der Waals surface area contributed by atoms with Crippen LogP contribution in [0.2, 0.25) is 0 Å². The van der Waals surface area contributed by atoms with Crippen molar-refractivity contribution >= 4 is 28.6 Å². The molecule has 28 heavy (non-hydrogen) atoms. The van der Waals surface area contributed by atoms with E-state index in [-0.39, 0.29) is 17.2 Å². The van der Waals surface area contributed by atoms with Gasteiger partial charge in [-0.2, -0.15) is 0 Å². The summed E-state index contributed by atoms with van der Waals surface area (Å²) in [4.78, 5) is 29.8. The van der Waals surface area contributed by atoms with Gasteiger partial charge in [-0.15, -0.1) is 0 Å². The van der Waals surface area contributed by atoms with Crippen molar-refractivity contribution in [2.75, 3.05) is 12.3 Å². The number of fused-ring (bicyclic) bond motifs is 1. The van der Waals surface area contributed by atoms with E-state index in [0.29, 0.717) is 39.8 Å². The van der Waals surface area contributed by atoms with Gasteiger partial charge in [-0.25, -0.2) is 9.37 Å². The van der Waals surface area contributed by atoms with Gasteiger partial charge in [-0.1, -0.05) is 43.8 Å². The van der Waals surface area contributed by atoms with Crippen LogP contribution in [0.15, 0.2) is 52.4 Å². The van der Waals surface area contributed by atoms with Crippen LogP contribution in [0.3, 0.4) is 0 Å². The van der Waals surface area contributed by atoms with E-state index in [1.165, 1.54) is 10.6 Å². The Morgan fingerprint density at radius 1 is 1.25 bits per heavy atom. The lowest BCUT2D eigenvalue weighted by molar-refractivity contribution is -0.118. The first-order valence-electron chi connectivity index (χ1n) is 9.04. The SMILES string of the molecule is Cc1ccc(-n2c(SCC(=O)NCC(C)C)nc3ccccc3c2=O)cc1F. The number of carbonyl (C=O) groups is 1. The molecule has 1 aromatic heterocycles. The molecule has 0 spiro atoms. The number of aryl methyl sites for hydroxylation is 1. The number of amides is 1. The van der Waals surface area contributed by atoms with Crippen molar-refractivity contribution in [1.82, 2.24) is 14.9 Å². The van der Waals surface area contributed by atoms with E-state index < -0.39 is 5.82 Å². The molecule has 2 aromatic carbocycles. The number of nitrogens with zero attached hydrogens (tertiary/aromatic N) is 2. The maximum Gasteiger partial charge on any atom is 0.266 e. The molecule has 0 aliphatic carbocycles. The summed E-state index contributed by atoms with van der Waals surface area (Å²) in [5, 5.41) is 3.64. The van der Waals surface area contributed by atoms with Crippen molar-refractivity contribution in [1.29, 1.82) is 0 Å². The molecule has 0 aliphatic rings. The molecular weight excluding hydrogens is 377 g/mol. The van der Waals surface area contributed by atoms with Crippen LogP contribution < -0.4 is 10.9 Å². The standard InChI is InChI=1S/C21H22FN3O2S/c1-13(2)11-23-19(26)12-28-21-24-18-7-5-4-6-16(18)20(27)25(21)15-9-8-14(3)17(22)10-15/h4-10,13H,11-12H2,1-3H3,(H,23,26). The molecule has 146 valence electrons. The summed E-state index contributed by atoms with van der Waals surface area (Å²) in [5.74, 6) is -0.0707. The molecule has 0 saturated heterocycles. The summed E-state index contributed by atoms with van der Waals surface area (Å²) in [6.45, 7) is 6.28. The molecule has 0 saturated carbocycles. The maximum absolute atomic E-state index is 14.1. The summed E-state index contributed by atoms with van der Waals surface area (Å²) in [6.07, 6.45) is 0. The average Bonchev–Trinajstić information content (AvgIpc) is 2.67. The van der Waals surface area contributed by atoms with Crippen LogP contribution in [0, 0.1) is 18.7 Å².